The molecule has 1 amide bonds. The molecule has 0 saturated carbocycles. The molecular formula is C20H15N3O. The maximum atomic E-state index is 12.1. The summed E-state index contributed by atoms with van der Waals surface area (Å²) in [5, 5.41) is 4.07. The van der Waals surface area contributed by atoms with Crippen molar-refractivity contribution >= 4 is 22.5 Å². The van der Waals surface area contributed by atoms with Crippen LogP contribution in [0.25, 0.3) is 22.2 Å². The van der Waals surface area contributed by atoms with Crippen LogP contribution in [0.5, 0.6) is 0 Å². The van der Waals surface area contributed by atoms with Gasteiger partial charge in [0, 0.05) is 40.2 Å². The zero-order chi connectivity index (χ0) is 16.4. The second-order valence-electron chi connectivity index (χ2n) is 5.54. The van der Waals surface area contributed by atoms with Crippen molar-refractivity contribution in [3.05, 3.63) is 84.7 Å². The molecule has 2 aromatic carbocycles. The van der Waals surface area contributed by atoms with E-state index in [4.69, 9.17) is 0 Å². The smallest absolute Gasteiger partial charge is 0.255 e. The molecule has 0 bridgehead atoms. The Morgan fingerprint density at radius 2 is 1.67 bits per heavy atom. The highest BCUT2D eigenvalue weighted by molar-refractivity contribution is 6.04. The predicted octanol–water partition coefficient (Wildman–Crippen LogP) is 4.48. The van der Waals surface area contributed by atoms with Gasteiger partial charge in [-0.15, -0.1) is 0 Å². The summed E-state index contributed by atoms with van der Waals surface area (Å²) in [6, 6.07) is 21.5. The van der Waals surface area contributed by atoms with Crippen molar-refractivity contribution in [1.82, 2.24) is 9.97 Å². The van der Waals surface area contributed by atoms with Crippen LogP contribution in [0.4, 0.5) is 5.69 Å². The van der Waals surface area contributed by atoms with Crippen LogP contribution in [-0.2, 0) is 0 Å². The molecule has 0 saturated heterocycles. The van der Waals surface area contributed by atoms with Crippen molar-refractivity contribution in [2.24, 2.45) is 0 Å². The summed E-state index contributed by atoms with van der Waals surface area (Å²) >= 11 is 0. The van der Waals surface area contributed by atoms with Crippen molar-refractivity contribution in [2.45, 2.75) is 0 Å². The number of carbonyl (C=O) groups excluding carboxylic acids is 1. The average Bonchev–Trinajstić information content (AvgIpc) is 3.07. The van der Waals surface area contributed by atoms with Gasteiger partial charge in [-0.1, -0.05) is 30.3 Å². The Morgan fingerprint density at radius 3 is 2.42 bits per heavy atom. The number of nitrogens with zero attached hydrogens (tertiary/aromatic N) is 1. The molecule has 0 radical (unpaired) electrons. The fraction of sp³-hybridized carbons (Fsp3) is 0. The second-order valence-corrected chi connectivity index (χ2v) is 5.54. The van der Waals surface area contributed by atoms with Gasteiger partial charge in [-0.25, -0.2) is 0 Å². The number of aromatic amines is 1. The van der Waals surface area contributed by atoms with Gasteiger partial charge in [-0.2, -0.15) is 0 Å². The van der Waals surface area contributed by atoms with Crippen molar-refractivity contribution in [3.63, 3.8) is 0 Å². The van der Waals surface area contributed by atoms with Crippen LogP contribution < -0.4 is 5.32 Å². The molecule has 2 N–H and O–H groups in total. The number of aromatic nitrogens is 2. The Balaban J connectivity index is 1.55. The Morgan fingerprint density at radius 1 is 0.917 bits per heavy atom. The number of benzene rings is 2. The lowest BCUT2D eigenvalue weighted by atomic mass is 10.1. The molecule has 0 atom stereocenters. The molecule has 24 heavy (non-hydrogen) atoms. The van der Waals surface area contributed by atoms with Gasteiger partial charge >= 0.3 is 0 Å². The summed E-state index contributed by atoms with van der Waals surface area (Å²) in [5.74, 6) is -0.143. The largest absolute Gasteiger partial charge is 0.355 e. The van der Waals surface area contributed by atoms with Gasteiger partial charge < -0.3 is 10.3 Å². The van der Waals surface area contributed by atoms with E-state index in [1.165, 1.54) is 5.39 Å². The van der Waals surface area contributed by atoms with Gasteiger partial charge in [0.1, 0.15) is 0 Å². The number of nitrogens with one attached hydrogen (secondary N) is 2. The van der Waals surface area contributed by atoms with Crippen LogP contribution in [0.2, 0.25) is 0 Å². The van der Waals surface area contributed by atoms with Gasteiger partial charge in [-0.05, 0) is 42.0 Å². The maximum absolute atomic E-state index is 12.1. The highest BCUT2D eigenvalue weighted by Crippen LogP contribution is 2.25. The zero-order valence-electron chi connectivity index (χ0n) is 12.9. The first-order valence-electron chi connectivity index (χ1n) is 7.69. The molecule has 4 aromatic rings. The lowest BCUT2D eigenvalue weighted by Gasteiger charge is -2.06. The topological polar surface area (TPSA) is 57.8 Å². The molecule has 0 aliphatic rings. The molecule has 2 aromatic heterocycles. The van der Waals surface area contributed by atoms with E-state index >= 15 is 0 Å². The van der Waals surface area contributed by atoms with Crippen LogP contribution in [0.1, 0.15) is 10.4 Å². The van der Waals surface area contributed by atoms with Gasteiger partial charge in [-0.3, -0.25) is 9.78 Å². The molecule has 4 heteroatoms. The number of H-pyrrole nitrogens is 1. The van der Waals surface area contributed by atoms with Crippen LogP contribution in [0.3, 0.4) is 0 Å². The van der Waals surface area contributed by atoms with E-state index in [0.29, 0.717) is 5.56 Å². The molecule has 0 aliphatic heterocycles. The van der Waals surface area contributed by atoms with Crippen molar-refractivity contribution in [3.8, 4) is 11.3 Å². The first-order chi connectivity index (χ1) is 11.8. The summed E-state index contributed by atoms with van der Waals surface area (Å²) in [7, 11) is 0. The Kier molecular flexibility index (Phi) is 3.56. The zero-order valence-corrected chi connectivity index (χ0v) is 12.9. The molecule has 0 fully saturated rings. The number of hydrogen-bond donors (Lipinski definition) is 2. The van der Waals surface area contributed by atoms with Crippen molar-refractivity contribution in [1.29, 1.82) is 0 Å². The first kappa shape index (κ1) is 14.2. The van der Waals surface area contributed by atoms with Crippen LogP contribution in [0, 0.1) is 0 Å². The standard InChI is InChI=1S/C20H15N3O/c24-20(15-9-11-21-12-10-15)22-17-7-5-14(6-8-17)19-13-16-3-1-2-4-18(16)23-19/h1-13,23H,(H,22,24). The summed E-state index contributed by atoms with van der Waals surface area (Å²) < 4.78 is 0. The van der Waals surface area contributed by atoms with Gasteiger partial charge in [0.2, 0.25) is 0 Å². The highest BCUT2D eigenvalue weighted by Gasteiger charge is 2.06. The van der Waals surface area contributed by atoms with E-state index in [0.717, 1.165) is 22.5 Å². The van der Waals surface area contributed by atoms with E-state index in [1.54, 1.807) is 24.5 Å². The summed E-state index contributed by atoms with van der Waals surface area (Å²) in [6.45, 7) is 0. The number of carbonyl (C=O) groups is 1. The quantitative estimate of drug-likeness (QED) is 0.586. The minimum absolute atomic E-state index is 0.143. The van der Waals surface area contributed by atoms with Crippen LogP contribution >= 0.6 is 0 Å². The van der Waals surface area contributed by atoms with E-state index in [2.05, 4.69) is 33.5 Å². The Labute approximate surface area is 139 Å². The minimum atomic E-state index is -0.143. The SMILES string of the molecule is O=C(Nc1ccc(-c2cc3ccccc3[nH]2)cc1)c1ccncc1. The lowest BCUT2D eigenvalue weighted by molar-refractivity contribution is 0.102. The maximum Gasteiger partial charge on any atom is 0.255 e. The van der Waals surface area contributed by atoms with Gasteiger partial charge in [0.25, 0.3) is 5.91 Å². The second kappa shape index (κ2) is 6.01. The molecule has 0 unspecified atom stereocenters. The number of rotatable bonds is 3. The molecule has 4 rings (SSSR count). The fourth-order valence-corrected chi connectivity index (χ4v) is 2.67. The fourth-order valence-electron chi connectivity index (χ4n) is 2.67. The predicted molar refractivity (Wildman–Crippen MR) is 95.9 cm³/mol. The molecule has 4 nitrogen and oxygen atoms in total. The Hall–Kier alpha value is -3.40. The van der Waals surface area contributed by atoms with Crippen LogP contribution in [-0.4, -0.2) is 15.9 Å². The number of anilines is 1. The number of hydrogen-bond acceptors (Lipinski definition) is 2. The van der Waals surface area contributed by atoms with Crippen molar-refractivity contribution in [2.75, 3.05) is 5.32 Å². The third-order valence-corrected chi connectivity index (χ3v) is 3.93. The van der Waals surface area contributed by atoms with E-state index < -0.39 is 0 Å². The van der Waals surface area contributed by atoms with Crippen molar-refractivity contribution < 1.29 is 4.79 Å². The van der Waals surface area contributed by atoms with Crippen LogP contribution in [0.15, 0.2) is 79.1 Å². The third kappa shape index (κ3) is 2.77. The normalized spacial score (nSPS) is 10.7. The molecule has 0 spiro atoms. The molecular weight excluding hydrogens is 298 g/mol. The summed E-state index contributed by atoms with van der Waals surface area (Å²) in [4.78, 5) is 19.5. The molecule has 2 heterocycles. The number of amides is 1. The highest BCUT2D eigenvalue weighted by atomic mass is 16.1. The third-order valence-electron chi connectivity index (χ3n) is 3.93. The monoisotopic (exact) mass is 313 g/mol. The Bertz CT molecular complexity index is 955. The number of para-hydroxylation sites is 1. The van der Waals surface area contributed by atoms with E-state index in [9.17, 15) is 4.79 Å². The number of pyridine rings is 1. The van der Waals surface area contributed by atoms with Gasteiger partial charge in [0.15, 0.2) is 0 Å². The summed E-state index contributed by atoms with van der Waals surface area (Å²) in [6.07, 6.45) is 3.21. The molecule has 116 valence electrons. The first-order valence-corrected chi connectivity index (χ1v) is 7.69. The van der Waals surface area contributed by atoms with E-state index in [1.807, 2.05) is 36.4 Å². The lowest BCUT2D eigenvalue weighted by Crippen LogP contribution is -2.11. The summed E-state index contributed by atoms with van der Waals surface area (Å²) in [5.41, 5.74) is 4.60. The molecule has 0 aliphatic carbocycles. The van der Waals surface area contributed by atoms with Gasteiger partial charge in [0.05, 0.1) is 0 Å². The minimum Gasteiger partial charge on any atom is -0.355 e. The number of fused-ring (bicyclic) bond motifs is 1. The average molecular weight is 313 g/mol. The van der Waals surface area contributed by atoms with E-state index in [-0.39, 0.29) is 5.91 Å².